The van der Waals surface area contributed by atoms with E-state index in [-0.39, 0.29) is 11.7 Å². The lowest BCUT2D eigenvalue weighted by Crippen LogP contribution is -2.15. The molecule has 0 aliphatic heterocycles. The summed E-state index contributed by atoms with van der Waals surface area (Å²) in [4.78, 5) is 41.6. The fourth-order valence-electron chi connectivity index (χ4n) is 2.76. The van der Waals surface area contributed by atoms with E-state index < -0.39 is 0 Å². The summed E-state index contributed by atoms with van der Waals surface area (Å²) in [5.41, 5.74) is 13.5. The Morgan fingerprint density at radius 3 is 1.94 bits per heavy atom. The van der Waals surface area contributed by atoms with Crippen molar-refractivity contribution >= 4 is 71.7 Å². The Morgan fingerprint density at radius 2 is 1.44 bits per heavy atom. The van der Waals surface area contributed by atoms with Gasteiger partial charge in [-0.2, -0.15) is 0 Å². The van der Waals surface area contributed by atoms with Gasteiger partial charge >= 0.3 is 11.7 Å². The molecular weight excluding hydrogens is 596 g/mol. The van der Waals surface area contributed by atoms with Gasteiger partial charge in [0.05, 0.1) is 29.9 Å². The summed E-state index contributed by atoms with van der Waals surface area (Å²) in [5, 5.41) is 0. The molecule has 0 atom stereocenters. The molecule has 0 unspecified atom stereocenters. The minimum Gasteiger partial charge on any atom is -0.406 e. The number of fused-ring (bicyclic) bond motifs is 1. The molecule has 0 fully saturated rings. The highest BCUT2D eigenvalue weighted by atomic mass is 79.9. The van der Waals surface area contributed by atoms with E-state index in [2.05, 4.69) is 61.5 Å². The lowest BCUT2D eigenvalue weighted by Gasteiger charge is -2.02. The molecule has 0 radical (unpaired) electrons. The van der Waals surface area contributed by atoms with E-state index in [0.717, 1.165) is 0 Å². The number of nitrogens with zero attached hydrogens (tertiary/aromatic N) is 6. The van der Waals surface area contributed by atoms with Crippen molar-refractivity contribution in [2.24, 2.45) is 0 Å². The Hall–Kier alpha value is -4.66. The summed E-state index contributed by atoms with van der Waals surface area (Å²) in [7, 11) is 0. The van der Waals surface area contributed by atoms with Crippen molar-refractivity contribution in [3.05, 3.63) is 104 Å². The van der Waals surface area contributed by atoms with Crippen molar-refractivity contribution in [2.45, 2.75) is 0 Å². The normalized spacial score (nSPS) is 9.78. The molecule has 3 heterocycles. The number of carbonyl (C=O) groups is 1. The Balaban J connectivity index is 0.000000151. The van der Waals surface area contributed by atoms with Crippen molar-refractivity contribution in [2.75, 3.05) is 11.5 Å². The van der Waals surface area contributed by atoms with Gasteiger partial charge < -0.3 is 21.4 Å². The van der Waals surface area contributed by atoms with Gasteiger partial charge in [0, 0.05) is 39.4 Å². The van der Waals surface area contributed by atoms with E-state index in [1.807, 2.05) is 0 Å². The zero-order chi connectivity index (χ0) is 26.2. The van der Waals surface area contributed by atoms with Crippen molar-refractivity contribution in [3.63, 3.8) is 0 Å². The molecule has 0 saturated heterocycles. The van der Waals surface area contributed by atoms with Gasteiger partial charge in [-0.1, -0.05) is 44.0 Å². The molecule has 180 valence electrons. The van der Waals surface area contributed by atoms with Gasteiger partial charge in [-0.15, -0.1) is 0 Å². The summed E-state index contributed by atoms with van der Waals surface area (Å²) < 4.78 is 4.12. The van der Waals surface area contributed by atoms with Crippen molar-refractivity contribution in [1.82, 2.24) is 29.1 Å². The number of benzene rings is 2. The first-order valence-electron chi connectivity index (χ1n) is 9.76. The van der Waals surface area contributed by atoms with E-state index >= 15 is 0 Å². The molecule has 3 aromatic heterocycles. The third kappa shape index (κ3) is 5.87. The molecule has 36 heavy (non-hydrogen) atoms. The maximum absolute atomic E-state index is 11.4. The topological polar surface area (TPSA) is 162 Å². The van der Waals surface area contributed by atoms with E-state index in [1.54, 1.807) is 49.1 Å². The zero-order valence-corrected chi connectivity index (χ0v) is 21.4. The maximum atomic E-state index is 11.4. The minimum absolute atomic E-state index is 0.190. The number of rotatable bonds is 0. The zero-order valence-electron chi connectivity index (χ0n) is 18.2. The highest BCUT2D eigenvalue weighted by Gasteiger charge is 2.08. The van der Waals surface area contributed by atoms with Crippen LogP contribution in [0.4, 0.5) is 27.5 Å². The van der Waals surface area contributed by atoms with Crippen LogP contribution in [0.1, 0.15) is 0 Å². The van der Waals surface area contributed by atoms with Crippen LogP contribution < -0.4 is 17.2 Å². The summed E-state index contributed by atoms with van der Waals surface area (Å²) >= 11 is 6.43. The molecule has 0 aliphatic rings. The Morgan fingerprint density at radius 1 is 0.889 bits per heavy atom. The lowest BCUT2D eigenvalue weighted by atomic mass is 10.2. The van der Waals surface area contributed by atoms with Crippen LogP contribution in [-0.4, -0.2) is 35.1 Å². The van der Waals surface area contributed by atoms with Gasteiger partial charge in [0.15, 0.2) is 0 Å². The predicted molar refractivity (Wildman–Crippen MR) is 143 cm³/mol. The quantitative estimate of drug-likeness (QED) is 0.143. The molecule has 5 rings (SSSR count). The average molecular weight is 612 g/mol. The monoisotopic (exact) mass is 610 g/mol. The van der Waals surface area contributed by atoms with Gasteiger partial charge in [0.2, 0.25) is 11.4 Å². The number of anilines is 2. The number of aromatic amines is 2. The third-order valence-corrected chi connectivity index (χ3v) is 5.77. The highest BCUT2D eigenvalue weighted by molar-refractivity contribution is 9.11. The largest absolute Gasteiger partial charge is 0.406 e. The summed E-state index contributed by atoms with van der Waals surface area (Å²) in [5.74, 6) is 0. The van der Waals surface area contributed by atoms with Crippen LogP contribution in [0.5, 0.6) is 0 Å². The standard InChI is InChI=1S/C8H4BrN3O.C7H6BrN3.C7H6N4O/c1-10-6-4(9)2-3-5-7(6)12-8(13)11-5;1-11-7-4(8)2-3-5(9)6(7)10;12-7(10-3-1-8-5-10)11-4-2-9-6-11/h2-3H,(H2,11,12,13);2-3H,9-10H2;1-6H. The van der Waals surface area contributed by atoms with E-state index in [1.165, 1.54) is 21.8 Å². The van der Waals surface area contributed by atoms with Crippen LogP contribution in [0.15, 0.2) is 75.4 Å². The number of carbonyl (C=O) groups excluding carboxylic acids is 1. The summed E-state index contributed by atoms with van der Waals surface area (Å²) in [6.45, 7) is 13.7. The van der Waals surface area contributed by atoms with Crippen molar-refractivity contribution < 1.29 is 4.79 Å². The van der Waals surface area contributed by atoms with Gasteiger partial charge in [0.25, 0.3) is 0 Å². The third-order valence-electron chi connectivity index (χ3n) is 4.49. The first kappa shape index (κ1) is 26.0. The first-order valence-corrected chi connectivity index (χ1v) is 11.3. The second-order valence-corrected chi connectivity index (χ2v) is 8.45. The summed E-state index contributed by atoms with van der Waals surface area (Å²) in [6, 6.07) is 6.66. The number of H-pyrrole nitrogens is 2. The van der Waals surface area contributed by atoms with Gasteiger partial charge in [-0.3, -0.25) is 9.13 Å². The Kier molecular flexibility index (Phi) is 8.40. The smallest absolute Gasteiger partial charge is 0.338 e. The van der Waals surface area contributed by atoms with Crippen LogP contribution in [0, 0.1) is 13.1 Å². The molecule has 0 spiro atoms. The maximum Gasteiger partial charge on any atom is 0.338 e. The van der Waals surface area contributed by atoms with E-state index in [0.29, 0.717) is 42.7 Å². The lowest BCUT2D eigenvalue weighted by molar-refractivity contribution is 0.244. The van der Waals surface area contributed by atoms with Crippen LogP contribution in [-0.2, 0) is 0 Å². The second-order valence-electron chi connectivity index (χ2n) is 6.74. The number of nitrogen functional groups attached to an aromatic ring is 2. The number of hydrogen-bond donors (Lipinski definition) is 4. The number of aromatic nitrogens is 6. The molecule has 0 bridgehead atoms. The number of hydrogen-bond acceptors (Lipinski definition) is 6. The number of imidazole rings is 3. The fraction of sp³-hybridized carbons (Fsp3) is 0. The van der Waals surface area contributed by atoms with Gasteiger partial charge in [-0.25, -0.2) is 29.2 Å². The SMILES string of the molecule is O=C(n1ccnc1)n1ccnc1.[C-]#[N+]c1c(Br)ccc(N)c1N.[C-]#[N+]c1c(Br)ccc2[nH]c(=O)[nH]c12. The summed E-state index contributed by atoms with van der Waals surface area (Å²) in [6.07, 6.45) is 9.17. The second kappa shape index (κ2) is 11.7. The number of nitrogens with two attached hydrogens (primary N) is 2. The molecule has 12 nitrogen and oxygen atoms in total. The fourth-order valence-corrected chi connectivity index (χ4v) is 3.61. The van der Waals surface area contributed by atoms with Crippen LogP contribution in [0.2, 0.25) is 0 Å². The average Bonchev–Trinajstić information content (AvgIpc) is 3.64. The van der Waals surface area contributed by atoms with Crippen LogP contribution in [0.25, 0.3) is 20.7 Å². The van der Waals surface area contributed by atoms with Crippen molar-refractivity contribution in [1.29, 1.82) is 0 Å². The Bertz CT molecular complexity index is 1600. The van der Waals surface area contributed by atoms with E-state index in [4.69, 9.17) is 24.6 Å². The number of nitrogens with one attached hydrogen (secondary N) is 2. The molecule has 2 aromatic carbocycles. The highest BCUT2D eigenvalue weighted by Crippen LogP contribution is 2.35. The Labute approximate surface area is 220 Å². The molecule has 6 N–H and O–H groups in total. The van der Waals surface area contributed by atoms with Crippen LogP contribution in [0.3, 0.4) is 0 Å². The molecular formula is C22H16Br2N10O2. The predicted octanol–water partition coefficient (Wildman–Crippen LogP) is 4.93. The number of halogens is 2. The van der Waals surface area contributed by atoms with Gasteiger partial charge in [0.1, 0.15) is 12.7 Å². The van der Waals surface area contributed by atoms with E-state index in [9.17, 15) is 9.59 Å². The molecule has 0 saturated carbocycles. The van der Waals surface area contributed by atoms with Gasteiger partial charge in [-0.05, 0) is 12.1 Å². The molecule has 0 aliphatic carbocycles. The molecule has 14 heteroatoms. The first-order chi connectivity index (χ1) is 17.3. The van der Waals surface area contributed by atoms with Crippen molar-refractivity contribution in [3.8, 4) is 0 Å². The van der Waals surface area contributed by atoms with Crippen LogP contribution >= 0.6 is 31.9 Å². The minimum atomic E-state index is -0.294. The molecule has 0 amide bonds. The molecule has 5 aromatic rings.